The van der Waals surface area contributed by atoms with Gasteiger partial charge in [-0.05, 0) is 13.8 Å². The van der Waals surface area contributed by atoms with Crippen LogP contribution < -0.4 is 0 Å². The highest BCUT2D eigenvalue weighted by Gasteiger charge is 2.49. The Labute approximate surface area is 78.7 Å². The van der Waals surface area contributed by atoms with Crippen molar-refractivity contribution in [3.63, 3.8) is 0 Å². The molecular weight excluding hydrogens is 200 g/mol. The average Bonchev–Trinajstić information content (AvgIpc) is 2.00. The van der Waals surface area contributed by atoms with Crippen molar-refractivity contribution in [3.8, 4) is 0 Å². The first kappa shape index (κ1) is 11.8. The topological polar surface area (TPSA) is 88.5 Å². The summed E-state index contributed by atoms with van der Waals surface area (Å²) < 4.78 is 0. The average molecular weight is 207 g/mol. The quantitative estimate of drug-likeness (QED) is 0.391. The van der Waals surface area contributed by atoms with Crippen LogP contribution in [-0.2, 0) is 19.2 Å². The number of halogens is 1. The third-order valence-electron chi connectivity index (χ3n) is 1.48. The maximum absolute atomic E-state index is 10.9. The van der Waals surface area contributed by atoms with Crippen LogP contribution in [0.3, 0.4) is 0 Å². The predicted molar refractivity (Wildman–Crippen MR) is 42.6 cm³/mol. The highest BCUT2D eigenvalue weighted by atomic mass is 35.5. The molecule has 0 amide bonds. The van der Waals surface area contributed by atoms with Crippen LogP contribution in [0.1, 0.15) is 13.8 Å². The molecule has 0 radical (unpaired) electrons. The Morgan fingerprint density at radius 1 is 1.08 bits per heavy atom. The van der Waals surface area contributed by atoms with Gasteiger partial charge >= 0.3 is 5.97 Å². The monoisotopic (exact) mass is 206 g/mol. The first-order valence-electron chi connectivity index (χ1n) is 3.23. The number of carbonyl (C=O) groups excluding carboxylic acids is 3. The standard InChI is InChI=1S/C7H7ClO5/c1-3(9)7(8,4(2)10)5(11)6(12)13/h1-2H3,(H,12,13). The van der Waals surface area contributed by atoms with E-state index in [1.165, 1.54) is 0 Å². The number of aliphatic carboxylic acids is 1. The molecule has 13 heavy (non-hydrogen) atoms. The van der Waals surface area contributed by atoms with E-state index in [-0.39, 0.29) is 0 Å². The molecule has 1 N–H and O–H groups in total. The molecule has 0 saturated heterocycles. The highest BCUT2D eigenvalue weighted by molar-refractivity contribution is 6.66. The first-order chi connectivity index (χ1) is 5.74. The van der Waals surface area contributed by atoms with Gasteiger partial charge in [0, 0.05) is 0 Å². The van der Waals surface area contributed by atoms with Crippen molar-refractivity contribution in [2.75, 3.05) is 0 Å². The van der Waals surface area contributed by atoms with Crippen LogP contribution in [0.2, 0.25) is 0 Å². The van der Waals surface area contributed by atoms with Gasteiger partial charge in [0.25, 0.3) is 5.78 Å². The number of rotatable bonds is 4. The summed E-state index contributed by atoms with van der Waals surface area (Å²) in [5.41, 5.74) is 0. The first-order valence-corrected chi connectivity index (χ1v) is 3.61. The van der Waals surface area contributed by atoms with Crippen molar-refractivity contribution in [1.82, 2.24) is 0 Å². The van der Waals surface area contributed by atoms with E-state index in [0.29, 0.717) is 0 Å². The minimum atomic E-state index is -2.56. The minimum absolute atomic E-state index is 0.884. The second-order valence-corrected chi connectivity index (χ2v) is 2.97. The van der Waals surface area contributed by atoms with E-state index in [9.17, 15) is 19.2 Å². The molecule has 0 aromatic carbocycles. The summed E-state index contributed by atoms with van der Waals surface area (Å²) in [6, 6.07) is 0. The van der Waals surface area contributed by atoms with Crippen LogP contribution in [0.4, 0.5) is 0 Å². The molecule has 0 spiro atoms. The van der Waals surface area contributed by atoms with Crippen molar-refractivity contribution in [2.24, 2.45) is 0 Å². The summed E-state index contributed by atoms with van der Waals surface area (Å²) in [5.74, 6) is -5.50. The van der Waals surface area contributed by atoms with Crippen molar-refractivity contribution in [2.45, 2.75) is 18.7 Å². The number of carbonyl (C=O) groups is 4. The van der Waals surface area contributed by atoms with E-state index in [0.717, 1.165) is 13.8 Å². The van der Waals surface area contributed by atoms with Gasteiger partial charge in [0.15, 0.2) is 11.6 Å². The van der Waals surface area contributed by atoms with Crippen molar-refractivity contribution in [1.29, 1.82) is 0 Å². The fourth-order valence-electron chi connectivity index (χ4n) is 0.715. The van der Waals surface area contributed by atoms with Gasteiger partial charge in [-0.1, -0.05) is 11.6 Å². The lowest BCUT2D eigenvalue weighted by Crippen LogP contribution is -2.49. The molecule has 72 valence electrons. The van der Waals surface area contributed by atoms with Gasteiger partial charge in [0.2, 0.25) is 4.87 Å². The summed E-state index contributed by atoms with van der Waals surface area (Å²) in [5, 5.41) is 8.28. The zero-order valence-electron chi connectivity index (χ0n) is 6.96. The third-order valence-corrected chi connectivity index (χ3v) is 2.18. The van der Waals surface area contributed by atoms with E-state index in [4.69, 9.17) is 16.7 Å². The Bertz CT molecular complexity index is 279. The van der Waals surface area contributed by atoms with E-state index < -0.39 is 28.2 Å². The number of carboxylic acids is 1. The molecular formula is C7H7ClO5. The lowest BCUT2D eigenvalue weighted by molar-refractivity contribution is -0.153. The normalized spacial score (nSPS) is 10.7. The summed E-state index contributed by atoms with van der Waals surface area (Å²) >= 11 is 5.33. The highest BCUT2D eigenvalue weighted by Crippen LogP contribution is 2.19. The number of ketones is 3. The SMILES string of the molecule is CC(=O)C(Cl)(C(C)=O)C(=O)C(=O)O. The Kier molecular flexibility index (Phi) is 3.31. The summed E-state index contributed by atoms with van der Waals surface area (Å²) in [4.78, 5) is 40.2. The van der Waals surface area contributed by atoms with Gasteiger partial charge in [-0.3, -0.25) is 14.4 Å². The Morgan fingerprint density at radius 2 is 1.38 bits per heavy atom. The molecule has 0 aliphatic heterocycles. The van der Waals surface area contributed by atoms with Gasteiger partial charge in [0.1, 0.15) is 0 Å². The number of Topliss-reactive ketones (excluding diaryl/α,β-unsaturated/α-hetero) is 3. The van der Waals surface area contributed by atoms with E-state index in [2.05, 4.69) is 0 Å². The molecule has 0 rings (SSSR count). The lowest BCUT2D eigenvalue weighted by atomic mass is 9.94. The maximum atomic E-state index is 10.9. The van der Waals surface area contributed by atoms with E-state index in [1.807, 2.05) is 0 Å². The minimum Gasteiger partial charge on any atom is -0.475 e. The number of carboxylic acid groups (broad SMARTS) is 1. The number of alkyl halides is 1. The molecule has 6 heteroatoms. The van der Waals surface area contributed by atoms with Crippen molar-refractivity contribution >= 4 is 34.9 Å². The van der Waals surface area contributed by atoms with Gasteiger partial charge in [0.05, 0.1) is 0 Å². The Hall–Kier alpha value is -1.23. The van der Waals surface area contributed by atoms with E-state index in [1.54, 1.807) is 0 Å². The molecule has 0 aliphatic rings. The van der Waals surface area contributed by atoms with Crippen molar-refractivity contribution in [3.05, 3.63) is 0 Å². The van der Waals surface area contributed by atoms with Gasteiger partial charge in [-0.25, -0.2) is 4.79 Å². The van der Waals surface area contributed by atoms with Crippen LogP contribution >= 0.6 is 11.6 Å². The molecule has 0 fully saturated rings. The zero-order chi connectivity index (χ0) is 10.8. The molecule has 5 nitrogen and oxygen atoms in total. The summed E-state index contributed by atoms with van der Waals surface area (Å²) in [6.45, 7) is 1.77. The molecule has 0 atom stereocenters. The van der Waals surface area contributed by atoms with Gasteiger partial charge in [-0.15, -0.1) is 0 Å². The fourth-order valence-corrected chi connectivity index (χ4v) is 0.796. The molecule has 0 aliphatic carbocycles. The molecule has 0 unspecified atom stereocenters. The molecule has 0 heterocycles. The molecule has 0 bridgehead atoms. The Balaban J connectivity index is 5.27. The zero-order valence-corrected chi connectivity index (χ0v) is 7.71. The molecule has 0 aromatic heterocycles. The van der Waals surface area contributed by atoms with Crippen LogP contribution in [0.15, 0.2) is 0 Å². The maximum Gasteiger partial charge on any atom is 0.375 e. The van der Waals surface area contributed by atoms with Crippen LogP contribution in [-0.4, -0.2) is 33.3 Å². The van der Waals surface area contributed by atoms with E-state index >= 15 is 0 Å². The second kappa shape index (κ2) is 3.66. The van der Waals surface area contributed by atoms with Crippen LogP contribution in [0.25, 0.3) is 0 Å². The van der Waals surface area contributed by atoms with Gasteiger partial charge < -0.3 is 5.11 Å². The number of hydrogen-bond acceptors (Lipinski definition) is 4. The smallest absolute Gasteiger partial charge is 0.375 e. The predicted octanol–water partition coefficient (Wildman–Crippen LogP) is -0.204. The van der Waals surface area contributed by atoms with Crippen LogP contribution in [0, 0.1) is 0 Å². The second-order valence-electron chi connectivity index (χ2n) is 2.41. The lowest BCUT2D eigenvalue weighted by Gasteiger charge is -2.15. The molecule has 0 saturated carbocycles. The Morgan fingerprint density at radius 3 is 1.46 bits per heavy atom. The summed E-state index contributed by atoms with van der Waals surface area (Å²) in [6.07, 6.45) is 0. The fraction of sp³-hybridized carbons (Fsp3) is 0.429. The van der Waals surface area contributed by atoms with Gasteiger partial charge in [-0.2, -0.15) is 0 Å². The number of hydrogen-bond donors (Lipinski definition) is 1. The largest absolute Gasteiger partial charge is 0.475 e. The third kappa shape index (κ3) is 1.92. The van der Waals surface area contributed by atoms with Crippen LogP contribution in [0.5, 0.6) is 0 Å². The summed E-state index contributed by atoms with van der Waals surface area (Å²) in [7, 11) is 0. The van der Waals surface area contributed by atoms with Crippen molar-refractivity contribution < 1.29 is 24.3 Å². The molecule has 0 aromatic rings.